The summed E-state index contributed by atoms with van der Waals surface area (Å²) in [5, 5.41) is 7.75. The second-order valence-corrected chi connectivity index (χ2v) is 8.51. The van der Waals surface area contributed by atoms with Gasteiger partial charge in [0.15, 0.2) is 10.9 Å². The van der Waals surface area contributed by atoms with Crippen molar-refractivity contribution in [1.29, 1.82) is 0 Å². The molecule has 146 valence electrons. The molecule has 0 saturated carbocycles. The van der Waals surface area contributed by atoms with Crippen LogP contribution >= 0.6 is 27.3 Å². The highest BCUT2D eigenvalue weighted by Crippen LogP contribution is 2.25. The molecule has 2 N–H and O–H groups in total. The van der Waals surface area contributed by atoms with Crippen LogP contribution in [0.15, 0.2) is 24.3 Å². The number of fused-ring (bicyclic) bond motifs is 1. The number of carbonyl (C=O) groups excluding carboxylic acids is 2. The van der Waals surface area contributed by atoms with Crippen LogP contribution in [0.4, 0.5) is 5.13 Å². The molecule has 1 aliphatic heterocycles. The standard InChI is InChI=1S/C19H25BrN4O2S/c20-9-5-1-2-7-16(25)15-12-21-10-11-24(15)13-18(26)23-19-22-14-6-3-4-8-17(14)27-19/h3-4,6,8,15,21H,1-2,5,7,9-13H2,(H,22,23,26). The molecular weight excluding hydrogens is 428 g/mol. The number of carbonyl (C=O) groups is 2. The van der Waals surface area contributed by atoms with E-state index >= 15 is 0 Å². The molecule has 1 atom stereocenters. The molecule has 0 aliphatic carbocycles. The van der Waals surface area contributed by atoms with Crippen LogP contribution in [0, 0.1) is 0 Å². The molecule has 6 nitrogen and oxygen atoms in total. The Balaban J connectivity index is 1.54. The van der Waals surface area contributed by atoms with E-state index in [9.17, 15) is 9.59 Å². The van der Waals surface area contributed by atoms with Crippen molar-refractivity contribution in [1.82, 2.24) is 15.2 Å². The van der Waals surface area contributed by atoms with Crippen molar-refractivity contribution in [2.75, 3.05) is 36.8 Å². The molecule has 1 unspecified atom stereocenters. The second kappa shape index (κ2) is 10.3. The van der Waals surface area contributed by atoms with Gasteiger partial charge in [0.25, 0.3) is 0 Å². The summed E-state index contributed by atoms with van der Waals surface area (Å²) in [4.78, 5) is 31.5. The molecule has 27 heavy (non-hydrogen) atoms. The molecule has 2 aromatic rings. The first-order valence-corrected chi connectivity index (χ1v) is 11.3. The normalized spacial score (nSPS) is 17.9. The lowest BCUT2D eigenvalue weighted by Gasteiger charge is -2.34. The van der Waals surface area contributed by atoms with Gasteiger partial charge in [0.1, 0.15) is 0 Å². The molecule has 1 fully saturated rings. The maximum atomic E-state index is 12.6. The van der Waals surface area contributed by atoms with Gasteiger partial charge in [-0.15, -0.1) is 0 Å². The Morgan fingerprint density at radius 1 is 1.30 bits per heavy atom. The zero-order valence-electron chi connectivity index (χ0n) is 15.2. The first-order valence-electron chi connectivity index (χ1n) is 9.36. The Hall–Kier alpha value is -1.35. The number of unbranched alkanes of at least 4 members (excludes halogenated alkanes) is 2. The van der Waals surface area contributed by atoms with Gasteiger partial charge in [-0.3, -0.25) is 14.5 Å². The number of amides is 1. The number of benzene rings is 1. The number of nitrogens with zero attached hydrogens (tertiary/aromatic N) is 2. The lowest BCUT2D eigenvalue weighted by molar-refractivity contribution is -0.126. The molecule has 1 aliphatic rings. The quantitative estimate of drug-likeness (QED) is 0.451. The minimum Gasteiger partial charge on any atom is -0.313 e. The predicted molar refractivity (Wildman–Crippen MR) is 114 cm³/mol. The van der Waals surface area contributed by atoms with Crippen molar-refractivity contribution < 1.29 is 9.59 Å². The van der Waals surface area contributed by atoms with Crippen LogP contribution in [0.3, 0.4) is 0 Å². The van der Waals surface area contributed by atoms with Gasteiger partial charge in [-0.05, 0) is 25.0 Å². The number of alkyl halides is 1. The maximum Gasteiger partial charge on any atom is 0.240 e. The van der Waals surface area contributed by atoms with Gasteiger partial charge in [-0.25, -0.2) is 4.98 Å². The Bertz CT molecular complexity index is 749. The van der Waals surface area contributed by atoms with Gasteiger partial charge < -0.3 is 10.6 Å². The zero-order chi connectivity index (χ0) is 19.1. The zero-order valence-corrected chi connectivity index (χ0v) is 17.7. The van der Waals surface area contributed by atoms with Crippen molar-refractivity contribution in [3.8, 4) is 0 Å². The number of ketones is 1. The number of rotatable bonds is 9. The van der Waals surface area contributed by atoms with E-state index in [1.807, 2.05) is 29.2 Å². The molecule has 1 aromatic carbocycles. The molecular formula is C19H25BrN4O2S. The summed E-state index contributed by atoms with van der Waals surface area (Å²) in [6, 6.07) is 7.60. The van der Waals surface area contributed by atoms with Crippen LogP contribution in [0.5, 0.6) is 0 Å². The fourth-order valence-electron chi connectivity index (χ4n) is 3.26. The Morgan fingerprint density at radius 2 is 2.15 bits per heavy atom. The fraction of sp³-hybridized carbons (Fsp3) is 0.526. The number of nitrogens with one attached hydrogen (secondary N) is 2. The van der Waals surface area contributed by atoms with E-state index in [0.29, 0.717) is 24.6 Å². The SMILES string of the molecule is O=C(CN1CCNCC1C(=O)CCCCCBr)Nc1nc2ccccc2s1. The van der Waals surface area contributed by atoms with Crippen LogP contribution in [0.2, 0.25) is 0 Å². The van der Waals surface area contributed by atoms with Crippen LogP contribution in [-0.4, -0.2) is 59.1 Å². The summed E-state index contributed by atoms with van der Waals surface area (Å²) in [5.74, 6) is 0.109. The highest BCUT2D eigenvalue weighted by molar-refractivity contribution is 9.09. The van der Waals surface area contributed by atoms with Crippen molar-refractivity contribution in [3.63, 3.8) is 0 Å². The van der Waals surface area contributed by atoms with Crippen molar-refractivity contribution in [2.45, 2.75) is 31.7 Å². The van der Waals surface area contributed by atoms with Crippen LogP contribution < -0.4 is 10.6 Å². The molecule has 2 heterocycles. The lowest BCUT2D eigenvalue weighted by Crippen LogP contribution is -2.56. The van der Waals surface area contributed by atoms with Crippen LogP contribution in [0.25, 0.3) is 10.2 Å². The number of thiazole rings is 1. The van der Waals surface area contributed by atoms with E-state index in [1.54, 1.807) is 0 Å². The average molecular weight is 453 g/mol. The number of hydrogen-bond donors (Lipinski definition) is 2. The van der Waals surface area contributed by atoms with Gasteiger partial charge in [0.2, 0.25) is 5.91 Å². The number of piperazine rings is 1. The summed E-state index contributed by atoms with van der Waals surface area (Å²) in [7, 11) is 0. The van der Waals surface area contributed by atoms with E-state index < -0.39 is 0 Å². The first kappa shape index (κ1) is 20.4. The van der Waals surface area contributed by atoms with E-state index in [-0.39, 0.29) is 24.3 Å². The summed E-state index contributed by atoms with van der Waals surface area (Å²) >= 11 is 4.88. The van der Waals surface area contributed by atoms with Crippen molar-refractivity contribution in [3.05, 3.63) is 24.3 Å². The number of hydrogen-bond acceptors (Lipinski definition) is 6. The van der Waals surface area contributed by atoms with Crippen LogP contribution in [0.1, 0.15) is 25.7 Å². The highest BCUT2D eigenvalue weighted by atomic mass is 79.9. The number of Topliss-reactive ketones (excluding diaryl/α,β-unsaturated/α-hetero) is 1. The Morgan fingerprint density at radius 3 is 2.96 bits per heavy atom. The van der Waals surface area contributed by atoms with Crippen molar-refractivity contribution in [2.24, 2.45) is 0 Å². The molecule has 1 amide bonds. The van der Waals surface area contributed by atoms with Gasteiger partial charge in [-0.2, -0.15) is 0 Å². The summed E-state index contributed by atoms with van der Waals surface area (Å²) < 4.78 is 1.05. The third-order valence-electron chi connectivity index (χ3n) is 4.67. The summed E-state index contributed by atoms with van der Waals surface area (Å²) in [5.41, 5.74) is 0.886. The molecule has 1 saturated heterocycles. The van der Waals surface area contributed by atoms with Gasteiger partial charge in [-0.1, -0.05) is 45.8 Å². The highest BCUT2D eigenvalue weighted by Gasteiger charge is 2.29. The number of halogens is 1. The van der Waals surface area contributed by atoms with Gasteiger partial charge in [0.05, 0.1) is 22.8 Å². The van der Waals surface area contributed by atoms with Crippen LogP contribution in [-0.2, 0) is 9.59 Å². The smallest absolute Gasteiger partial charge is 0.240 e. The Labute approximate surface area is 171 Å². The Kier molecular flexibility index (Phi) is 7.75. The molecule has 0 radical (unpaired) electrons. The molecule has 0 spiro atoms. The first-order chi connectivity index (χ1) is 13.2. The van der Waals surface area contributed by atoms with E-state index in [1.165, 1.54) is 11.3 Å². The lowest BCUT2D eigenvalue weighted by atomic mass is 10.0. The minimum atomic E-state index is -0.219. The topological polar surface area (TPSA) is 74.3 Å². The largest absolute Gasteiger partial charge is 0.313 e. The monoisotopic (exact) mass is 452 g/mol. The number of aromatic nitrogens is 1. The number of anilines is 1. The third-order valence-corrected chi connectivity index (χ3v) is 6.18. The van der Waals surface area contributed by atoms with Crippen molar-refractivity contribution >= 4 is 54.3 Å². The second-order valence-electron chi connectivity index (χ2n) is 6.69. The van der Waals surface area contributed by atoms with Gasteiger partial charge >= 0.3 is 0 Å². The van der Waals surface area contributed by atoms with E-state index in [0.717, 1.165) is 41.4 Å². The average Bonchev–Trinajstić information content (AvgIpc) is 3.07. The minimum absolute atomic E-state index is 0.118. The van der Waals surface area contributed by atoms with E-state index in [2.05, 4.69) is 31.5 Å². The molecule has 8 heteroatoms. The molecule has 0 bridgehead atoms. The van der Waals surface area contributed by atoms with Gasteiger partial charge in [0, 0.05) is 31.4 Å². The summed E-state index contributed by atoms with van der Waals surface area (Å²) in [6.45, 7) is 2.33. The summed E-state index contributed by atoms with van der Waals surface area (Å²) in [6.07, 6.45) is 3.63. The third kappa shape index (κ3) is 5.81. The number of para-hydroxylation sites is 1. The predicted octanol–water partition coefficient (Wildman–Crippen LogP) is 3.03. The molecule has 3 rings (SSSR count). The van der Waals surface area contributed by atoms with E-state index in [4.69, 9.17) is 0 Å². The fourth-order valence-corrected chi connectivity index (χ4v) is 4.54. The maximum absolute atomic E-state index is 12.6. The molecule has 1 aromatic heterocycles.